The second kappa shape index (κ2) is 9.21. The highest BCUT2D eigenvalue weighted by molar-refractivity contribution is 5.97. The van der Waals surface area contributed by atoms with E-state index in [9.17, 15) is 23.5 Å². The van der Waals surface area contributed by atoms with Crippen LogP contribution in [0.5, 0.6) is 5.75 Å². The van der Waals surface area contributed by atoms with Crippen LogP contribution in [0.25, 0.3) is 22.1 Å². The van der Waals surface area contributed by atoms with E-state index in [0.29, 0.717) is 36.3 Å². The summed E-state index contributed by atoms with van der Waals surface area (Å²) in [5, 5.41) is 9.43. The van der Waals surface area contributed by atoms with Crippen molar-refractivity contribution in [1.82, 2.24) is 4.90 Å². The fraction of sp³-hybridized carbons (Fsp3) is 0.185. The van der Waals surface area contributed by atoms with Gasteiger partial charge in [0.15, 0.2) is 11.4 Å². The maximum Gasteiger partial charge on any atom is 0.326 e. The van der Waals surface area contributed by atoms with Crippen LogP contribution in [0.3, 0.4) is 0 Å². The maximum atomic E-state index is 14.8. The standard InChI is InChI=1S/C27H21F2NO5/c28-22-14-21(24(29)20-10-12-34-25(20)22)17-6-8-19(9-7-17)35-15-16-3-1-4-18(13-16)26(31)30-11-2-5-23(30)27(32)33/h1,3-4,6-10,12-14,23H,2,5,11,15H2,(H,32,33)/t23-/m0/s1. The van der Waals surface area contributed by atoms with Crippen molar-refractivity contribution in [2.24, 2.45) is 0 Å². The molecule has 0 saturated carbocycles. The van der Waals surface area contributed by atoms with E-state index in [2.05, 4.69) is 0 Å². The molecule has 1 aliphatic heterocycles. The van der Waals surface area contributed by atoms with Crippen molar-refractivity contribution in [2.45, 2.75) is 25.5 Å². The number of rotatable bonds is 6. The summed E-state index contributed by atoms with van der Waals surface area (Å²) in [6.45, 7) is 0.591. The lowest BCUT2D eigenvalue weighted by Crippen LogP contribution is -2.40. The van der Waals surface area contributed by atoms with Gasteiger partial charge in [-0.05, 0) is 60.4 Å². The number of nitrogens with zero attached hydrogens (tertiary/aromatic N) is 1. The molecule has 2 heterocycles. The molecule has 1 amide bonds. The van der Waals surface area contributed by atoms with Crippen LogP contribution < -0.4 is 4.74 Å². The molecule has 8 heteroatoms. The lowest BCUT2D eigenvalue weighted by Gasteiger charge is -2.21. The molecule has 3 aromatic carbocycles. The molecule has 4 aromatic rings. The highest BCUT2D eigenvalue weighted by Gasteiger charge is 2.34. The Bertz CT molecular complexity index is 1410. The molecule has 1 N–H and O–H groups in total. The fourth-order valence-corrected chi connectivity index (χ4v) is 4.40. The van der Waals surface area contributed by atoms with E-state index < -0.39 is 23.6 Å². The SMILES string of the molecule is O=C(O)[C@@H]1CCCN1C(=O)c1cccc(COc2ccc(-c3cc(F)c4occc4c3F)cc2)c1. The topological polar surface area (TPSA) is 80.0 Å². The van der Waals surface area contributed by atoms with Gasteiger partial charge in [0, 0.05) is 17.7 Å². The summed E-state index contributed by atoms with van der Waals surface area (Å²) in [6.07, 6.45) is 2.36. The van der Waals surface area contributed by atoms with Crippen LogP contribution >= 0.6 is 0 Å². The number of ether oxygens (including phenoxy) is 1. The summed E-state index contributed by atoms with van der Waals surface area (Å²) >= 11 is 0. The first-order valence-corrected chi connectivity index (χ1v) is 11.1. The number of fused-ring (bicyclic) bond motifs is 1. The van der Waals surface area contributed by atoms with Crippen LogP contribution in [0.4, 0.5) is 8.78 Å². The van der Waals surface area contributed by atoms with E-state index in [1.54, 1.807) is 42.5 Å². The first-order chi connectivity index (χ1) is 16.9. The van der Waals surface area contributed by atoms with E-state index in [0.717, 1.165) is 11.6 Å². The monoisotopic (exact) mass is 477 g/mol. The van der Waals surface area contributed by atoms with E-state index in [4.69, 9.17) is 9.15 Å². The number of benzene rings is 3. The minimum atomic E-state index is -0.994. The van der Waals surface area contributed by atoms with Gasteiger partial charge in [0.05, 0.1) is 11.6 Å². The molecule has 178 valence electrons. The van der Waals surface area contributed by atoms with Gasteiger partial charge in [-0.3, -0.25) is 4.79 Å². The van der Waals surface area contributed by atoms with Crippen molar-refractivity contribution in [3.63, 3.8) is 0 Å². The van der Waals surface area contributed by atoms with E-state index in [1.165, 1.54) is 17.2 Å². The Kier molecular flexibility index (Phi) is 5.94. The third kappa shape index (κ3) is 4.35. The number of likely N-dealkylation sites (tertiary alicyclic amines) is 1. The van der Waals surface area contributed by atoms with Crippen LogP contribution in [-0.2, 0) is 11.4 Å². The highest BCUT2D eigenvalue weighted by atomic mass is 19.1. The van der Waals surface area contributed by atoms with Crippen LogP contribution in [0.15, 0.2) is 71.3 Å². The van der Waals surface area contributed by atoms with Gasteiger partial charge in [0.1, 0.15) is 24.2 Å². The second-order valence-electron chi connectivity index (χ2n) is 8.39. The Labute approximate surface area is 199 Å². The Balaban J connectivity index is 1.28. The Hall–Kier alpha value is -4.20. The van der Waals surface area contributed by atoms with Gasteiger partial charge in [0.2, 0.25) is 0 Å². The molecule has 5 rings (SSSR count). The van der Waals surface area contributed by atoms with Crippen LogP contribution in [0.1, 0.15) is 28.8 Å². The molecule has 1 aromatic heterocycles. The zero-order chi connectivity index (χ0) is 24.5. The van der Waals surface area contributed by atoms with Crippen LogP contribution in [0, 0.1) is 11.6 Å². The number of carbonyl (C=O) groups is 2. The van der Waals surface area contributed by atoms with Crippen molar-refractivity contribution in [3.8, 4) is 16.9 Å². The Morgan fingerprint density at radius 3 is 2.66 bits per heavy atom. The number of hydrogen-bond acceptors (Lipinski definition) is 4. The van der Waals surface area contributed by atoms with Gasteiger partial charge < -0.3 is 19.2 Å². The number of furan rings is 1. The molecule has 1 atom stereocenters. The minimum absolute atomic E-state index is 0.0818. The van der Waals surface area contributed by atoms with Crippen molar-refractivity contribution >= 4 is 22.8 Å². The quantitative estimate of drug-likeness (QED) is 0.388. The summed E-state index contributed by atoms with van der Waals surface area (Å²) in [7, 11) is 0. The first-order valence-electron chi connectivity index (χ1n) is 11.1. The predicted molar refractivity (Wildman–Crippen MR) is 124 cm³/mol. The number of carboxylic acid groups (broad SMARTS) is 1. The lowest BCUT2D eigenvalue weighted by atomic mass is 10.0. The molecule has 0 bridgehead atoms. The van der Waals surface area contributed by atoms with Crippen LogP contribution in [-0.4, -0.2) is 34.5 Å². The number of carboxylic acids is 1. The lowest BCUT2D eigenvalue weighted by molar-refractivity contribution is -0.141. The van der Waals surface area contributed by atoms with Gasteiger partial charge in [-0.15, -0.1) is 0 Å². The van der Waals surface area contributed by atoms with Crippen molar-refractivity contribution in [3.05, 3.63) is 89.7 Å². The third-order valence-electron chi connectivity index (χ3n) is 6.17. The first kappa shape index (κ1) is 22.6. The average Bonchev–Trinajstić information content (AvgIpc) is 3.56. The zero-order valence-corrected chi connectivity index (χ0v) is 18.5. The molecule has 1 saturated heterocycles. The molecule has 6 nitrogen and oxygen atoms in total. The second-order valence-corrected chi connectivity index (χ2v) is 8.39. The molecular formula is C27H21F2NO5. The predicted octanol–water partition coefficient (Wildman–Crippen LogP) is 5.65. The van der Waals surface area contributed by atoms with Gasteiger partial charge in [-0.2, -0.15) is 0 Å². The maximum absolute atomic E-state index is 14.8. The average molecular weight is 477 g/mol. The van der Waals surface area contributed by atoms with Crippen molar-refractivity contribution in [1.29, 1.82) is 0 Å². The largest absolute Gasteiger partial charge is 0.489 e. The number of halogens is 2. The number of amides is 1. The Morgan fingerprint density at radius 1 is 1.09 bits per heavy atom. The molecule has 35 heavy (non-hydrogen) atoms. The zero-order valence-electron chi connectivity index (χ0n) is 18.5. The summed E-state index contributed by atoms with van der Waals surface area (Å²) in [5.41, 5.74) is 1.64. The number of hydrogen-bond donors (Lipinski definition) is 1. The molecule has 1 aliphatic rings. The molecule has 0 spiro atoms. The van der Waals surface area contributed by atoms with Crippen LogP contribution in [0.2, 0.25) is 0 Å². The van der Waals surface area contributed by atoms with Gasteiger partial charge in [-0.25, -0.2) is 13.6 Å². The molecule has 0 radical (unpaired) electrons. The van der Waals surface area contributed by atoms with E-state index in [1.807, 2.05) is 6.07 Å². The third-order valence-corrected chi connectivity index (χ3v) is 6.17. The summed E-state index contributed by atoms with van der Waals surface area (Å²) in [4.78, 5) is 25.6. The summed E-state index contributed by atoms with van der Waals surface area (Å²) < 4.78 is 39.9. The van der Waals surface area contributed by atoms with Crippen molar-refractivity contribution < 1.29 is 32.6 Å². The van der Waals surface area contributed by atoms with E-state index >= 15 is 0 Å². The Morgan fingerprint density at radius 2 is 1.89 bits per heavy atom. The summed E-state index contributed by atoms with van der Waals surface area (Å²) in [6, 6.07) is 15.2. The summed E-state index contributed by atoms with van der Waals surface area (Å²) in [5.74, 6) is -1.99. The number of carbonyl (C=O) groups excluding carboxylic acids is 1. The highest BCUT2D eigenvalue weighted by Crippen LogP contribution is 2.32. The number of aliphatic carboxylic acids is 1. The van der Waals surface area contributed by atoms with Gasteiger partial charge in [0.25, 0.3) is 5.91 Å². The molecular weight excluding hydrogens is 456 g/mol. The van der Waals surface area contributed by atoms with E-state index in [-0.39, 0.29) is 29.0 Å². The van der Waals surface area contributed by atoms with Gasteiger partial charge >= 0.3 is 5.97 Å². The smallest absolute Gasteiger partial charge is 0.326 e. The molecule has 0 aliphatic carbocycles. The van der Waals surface area contributed by atoms with Gasteiger partial charge in [-0.1, -0.05) is 24.3 Å². The molecule has 0 unspecified atom stereocenters. The minimum Gasteiger partial charge on any atom is -0.489 e. The normalized spacial score (nSPS) is 15.5. The fourth-order valence-electron chi connectivity index (χ4n) is 4.40. The molecule has 1 fully saturated rings. The van der Waals surface area contributed by atoms with Crippen molar-refractivity contribution in [2.75, 3.05) is 6.54 Å².